The van der Waals surface area contributed by atoms with Gasteiger partial charge in [-0.05, 0) is 78.6 Å². The summed E-state index contributed by atoms with van der Waals surface area (Å²) in [4.78, 5) is 60.8. The summed E-state index contributed by atoms with van der Waals surface area (Å²) in [7, 11) is 0. The average Bonchev–Trinajstić information content (AvgIpc) is 4.20. The number of aliphatic hydroxyl groups excluding tert-OH is 2. The molecule has 4 spiro atoms. The Balaban J connectivity index is 0.000000229. The van der Waals surface area contributed by atoms with Gasteiger partial charge in [0.25, 0.3) is 0 Å². The van der Waals surface area contributed by atoms with E-state index < -0.39 is 11.2 Å². The summed E-state index contributed by atoms with van der Waals surface area (Å²) in [5.74, 6) is -1.11. The van der Waals surface area contributed by atoms with Crippen LogP contribution in [-0.2, 0) is 66.6 Å². The number of nitrogens with one attached hydrogen (secondary N) is 1. The molecule has 3 N–H and O–H groups in total. The van der Waals surface area contributed by atoms with Gasteiger partial charge in [-0.2, -0.15) is 5.26 Å². The van der Waals surface area contributed by atoms with Crippen LogP contribution in [0.25, 0.3) is 4.85 Å². The maximum absolute atomic E-state index is 12.1. The molecule has 20 heteroatoms. The molecule has 0 aromatic carbocycles. The fourth-order valence-electron chi connectivity index (χ4n) is 9.62. The molecule has 4 saturated carbocycles. The van der Waals surface area contributed by atoms with Crippen LogP contribution < -0.4 is 5.32 Å². The van der Waals surface area contributed by atoms with Crippen molar-refractivity contribution < 1.29 is 76.8 Å². The normalized spacial score (nSPS) is 24.9. The molecule has 0 atom stereocenters. The molecule has 1 amide bonds. The number of ketones is 1. The topological polar surface area (TPSA) is 249 Å². The zero-order chi connectivity index (χ0) is 49.9. The average molecular weight is 1030 g/mol. The highest BCUT2D eigenvalue weighted by Gasteiger charge is 2.53. The molecular weight excluding hydrogens is 954 g/mol. The van der Waals surface area contributed by atoms with Gasteiger partial charge in [0.1, 0.15) is 11.2 Å². The van der Waals surface area contributed by atoms with Crippen LogP contribution in [0.3, 0.4) is 0 Å². The van der Waals surface area contributed by atoms with Crippen molar-refractivity contribution in [1.82, 2.24) is 5.32 Å². The molecule has 4 heterocycles. The number of carbonyl (C=O) groups is 5. The van der Waals surface area contributed by atoms with Crippen molar-refractivity contribution in [2.75, 3.05) is 91.1 Å². The van der Waals surface area contributed by atoms with Gasteiger partial charge < -0.3 is 63.0 Å². The first-order chi connectivity index (χ1) is 32.7. The van der Waals surface area contributed by atoms with Gasteiger partial charge in [0, 0.05) is 57.9 Å². The van der Waals surface area contributed by atoms with Gasteiger partial charge in [0.05, 0.1) is 101 Å². The van der Waals surface area contributed by atoms with Crippen molar-refractivity contribution in [3.05, 3.63) is 11.4 Å². The molecule has 4 aliphatic carbocycles. The Bertz CT molecular complexity index is 1610. The van der Waals surface area contributed by atoms with Crippen molar-refractivity contribution >= 4 is 45.5 Å². The van der Waals surface area contributed by atoms with Gasteiger partial charge in [0.15, 0.2) is 17.4 Å². The first-order valence-corrected chi connectivity index (χ1v) is 25.5. The minimum atomic E-state index is -0.654. The lowest BCUT2D eigenvalue weighted by atomic mass is 9.71. The van der Waals surface area contributed by atoms with E-state index in [0.29, 0.717) is 116 Å². The second-order valence-electron chi connectivity index (χ2n) is 17.8. The Labute approximate surface area is 410 Å². The molecule has 19 nitrogen and oxygen atoms in total. The summed E-state index contributed by atoms with van der Waals surface area (Å²) in [6, 6.07) is 1.85. The molecule has 0 aromatic rings. The zero-order valence-electron chi connectivity index (χ0n) is 40.5. The van der Waals surface area contributed by atoms with Gasteiger partial charge >= 0.3 is 17.9 Å². The lowest BCUT2D eigenvalue weighted by molar-refractivity contribution is -0.197. The summed E-state index contributed by atoms with van der Waals surface area (Å²) < 4.78 is 48.8. The maximum atomic E-state index is 12.1. The second-order valence-corrected chi connectivity index (χ2v) is 18.3. The van der Waals surface area contributed by atoms with Gasteiger partial charge in [-0.25, -0.2) is 6.57 Å². The number of carbonyl (C=O) groups excluding carboxylic acids is 5. The van der Waals surface area contributed by atoms with Gasteiger partial charge in [-0.3, -0.25) is 24.0 Å². The smallest absolute Gasteiger partial charge is 0.319 e. The largest absolute Gasteiger partial charge is 0.466 e. The van der Waals surface area contributed by atoms with Gasteiger partial charge in [-0.1, -0.05) is 15.9 Å². The van der Waals surface area contributed by atoms with Crippen LogP contribution in [0.15, 0.2) is 0 Å². The summed E-state index contributed by atoms with van der Waals surface area (Å²) in [5, 5.41) is 26.2. The molecule has 386 valence electrons. The number of Topliss-reactive ketones (excluding diaryl/α,β-unsaturated/α-hetero) is 1. The van der Waals surface area contributed by atoms with E-state index in [4.69, 9.17) is 64.7 Å². The molecule has 0 bridgehead atoms. The number of hydrogen-bond donors (Lipinski definition) is 3. The van der Waals surface area contributed by atoms with Crippen LogP contribution in [-0.4, -0.2) is 148 Å². The number of hydrogen-bond acceptors (Lipinski definition) is 17. The minimum absolute atomic E-state index is 0.0253. The SMILES string of the molecule is CCOC(=O)C1CCC(=O)CC1.CCOC(=O)C1CCC2(CC1)OCCO2.N#CCBr.O=C1NCCC12CCC1(CC2)OCCO1.OCCO.[C-]#[N+]CC1(C(=O)OCC)CCC2(CC1)OCCO2. The lowest BCUT2D eigenvalue weighted by Crippen LogP contribution is -2.45. The first kappa shape index (κ1) is 59.0. The molecule has 0 radical (unpaired) electrons. The molecule has 8 aliphatic rings. The third-order valence-corrected chi connectivity index (χ3v) is 13.8. The zero-order valence-corrected chi connectivity index (χ0v) is 42.0. The molecule has 68 heavy (non-hydrogen) atoms. The number of ether oxygens (including phenoxy) is 9. The minimum Gasteiger partial charge on any atom is -0.466 e. The van der Waals surface area contributed by atoms with Crippen molar-refractivity contribution in [1.29, 1.82) is 5.26 Å². The number of alkyl halides is 1. The van der Waals surface area contributed by atoms with Crippen molar-refractivity contribution in [2.24, 2.45) is 22.7 Å². The fourth-order valence-corrected chi connectivity index (χ4v) is 9.62. The standard InChI is InChI=1S/C13H19NO4.C11H17NO3.C11H18O4.C9H14O3.C2H2BrN.C2H6O2/c1-3-16-11(15)12(10-14-2)4-6-13(7-5-12)17-8-9-18-13;13-9-10(5-6-12-9)1-3-11(4-2-10)14-7-8-15-11;1-2-13-10(12)9-3-5-11(6-4-9)14-7-8-15-11;1-2-12-9(11)7-3-5-8(10)6-4-7;2*3-1-2-4/h3-10H2,1H3;1-8H2,(H,12,13);9H,2-8H2,1H3;7H,2-6H2,1H3;1H2;3-4H,1-2H2. The first-order valence-electron chi connectivity index (χ1n) is 24.4. The fraction of sp³-hybridized carbons (Fsp3) is 0.854. The Kier molecular flexibility index (Phi) is 26.4. The molecule has 0 unspecified atom stereocenters. The van der Waals surface area contributed by atoms with Crippen LogP contribution in [0.5, 0.6) is 0 Å². The van der Waals surface area contributed by atoms with E-state index >= 15 is 0 Å². The monoisotopic (exact) mass is 1030 g/mol. The number of aliphatic hydroxyl groups is 2. The summed E-state index contributed by atoms with van der Waals surface area (Å²) in [5.41, 5.74) is -0.751. The van der Waals surface area contributed by atoms with E-state index in [1.807, 2.05) is 13.0 Å². The molecule has 4 saturated heterocycles. The van der Waals surface area contributed by atoms with Crippen molar-refractivity contribution in [2.45, 2.75) is 147 Å². The number of rotatable bonds is 8. The Hall–Kier alpha value is -3.31. The molecule has 8 rings (SSSR count). The third-order valence-electron chi connectivity index (χ3n) is 13.5. The predicted molar refractivity (Wildman–Crippen MR) is 247 cm³/mol. The van der Waals surface area contributed by atoms with Crippen LogP contribution in [0, 0.1) is 40.6 Å². The van der Waals surface area contributed by atoms with Gasteiger partial charge in [-0.15, -0.1) is 0 Å². The number of nitrogens with zero attached hydrogens (tertiary/aromatic N) is 2. The van der Waals surface area contributed by atoms with Crippen LogP contribution in [0.1, 0.15) is 130 Å². The molecule has 0 aromatic heterocycles. The van der Waals surface area contributed by atoms with Crippen LogP contribution in [0.4, 0.5) is 0 Å². The van der Waals surface area contributed by atoms with E-state index in [2.05, 4.69) is 26.1 Å². The summed E-state index contributed by atoms with van der Waals surface area (Å²) >= 11 is 2.89. The van der Waals surface area contributed by atoms with E-state index in [1.165, 1.54) is 0 Å². The Morgan fingerprint density at radius 2 is 1.07 bits per heavy atom. The molecular formula is C48H76BrN3O16. The highest BCUT2D eigenvalue weighted by Crippen LogP contribution is 2.48. The summed E-state index contributed by atoms with van der Waals surface area (Å²) in [6.45, 7) is 18.5. The predicted octanol–water partition coefficient (Wildman–Crippen LogP) is 5.25. The lowest BCUT2D eigenvalue weighted by Gasteiger charge is -2.39. The molecule has 4 aliphatic heterocycles. The van der Waals surface area contributed by atoms with Crippen molar-refractivity contribution in [3.63, 3.8) is 0 Å². The van der Waals surface area contributed by atoms with E-state index in [9.17, 15) is 24.0 Å². The number of esters is 3. The third kappa shape index (κ3) is 17.8. The summed E-state index contributed by atoms with van der Waals surface area (Å²) in [6.07, 6.45) is 12.8. The van der Waals surface area contributed by atoms with E-state index in [-0.39, 0.29) is 78.2 Å². The van der Waals surface area contributed by atoms with Crippen molar-refractivity contribution in [3.8, 4) is 6.07 Å². The Morgan fingerprint density at radius 1 is 0.676 bits per heavy atom. The van der Waals surface area contributed by atoms with E-state index in [1.54, 1.807) is 13.8 Å². The number of amides is 1. The number of nitriles is 1. The maximum Gasteiger partial charge on any atom is 0.319 e. The van der Waals surface area contributed by atoms with Gasteiger partial charge in [0.2, 0.25) is 12.5 Å². The Morgan fingerprint density at radius 3 is 1.43 bits per heavy atom. The van der Waals surface area contributed by atoms with Crippen LogP contribution in [0.2, 0.25) is 0 Å². The number of halogens is 1. The highest BCUT2D eigenvalue weighted by atomic mass is 79.9. The second kappa shape index (κ2) is 30.4. The highest BCUT2D eigenvalue weighted by molar-refractivity contribution is 9.09. The van der Waals surface area contributed by atoms with Crippen LogP contribution >= 0.6 is 15.9 Å². The van der Waals surface area contributed by atoms with E-state index in [0.717, 1.165) is 64.3 Å². The quantitative estimate of drug-likeness (QED) is 0.122. The molecule has 8 fully saturated rings.